The lowest BCUT2D eigenvalue weighted by molar-refractivity contribution is -0.184. The summed E-state index contributed by atoms with van der Waals surface area (Å²) >= 11 is 0. The summed E-state index contributed by atoms with van der Waals surface area (Å²) in [5, 5.41) is 3.66. The number of methoxy groups -OCH3 is 1. The maximum atomic E-state index is 12.0. The SMILES string of the molecule is CC[C@@H](OC(C)=O)[C@@H](OC(C)=O)C1OC(C(=O)OC)=C[C@@H](N=[N+]=[N-])[C@H]1CC(C)=O. The number of ether oxygens (including phenoxy) is 4. The first-order chi connectivity index (χ1) is 13.6. The molecule has 29 heavy (non-hydrogen) atoms. The third-order valence-electron chi connectivity index (χ3n) is 4.25. The highest BCUT2D eigenvalue weighted by molar-refractivity contribution is 5.86. The van der Waals surface area contributed by atoms with E-state index in [1.54, 1.807) is 6.92 Å². The summed E-state index contributed by atoms with van der Waals surface area (Å²) in [6.07, 6.45) is -1.76. The van der Waals surface area contributed by atoms with Gasteiger partial charge in [0.15, 0.2) is 6.10 Å². The van der Waals surface area contributed by atoms with E-state index in [0.717, 1.165) is 14.0 Å². The molecule has 0 radical (unpaired) electrons. The third-order valence-corrected chi connectivity index (χ3v) is 4.25. The fraction of sp³-hybridized carbons (Fsp3) is 0.667. The van der Waals surface area contributed by atoms with Crippen LogP contribution in [-0.4, -0.2) is 55.2 Å². The van der Waals surface area contributed by atoms with Gasteiger partial charge in [-0.3, -0.25) is 9.59 Å². The normalized spacial score (nSPS) is 22.7. The van der Waals surface area contributed by atoms with Crippen molar-refractivity contribution in [1.29, 1.82) is 0 Å². The van der Waals surface area contributed by atoms with Crippen molar-refractivity contribution in [1.82, 2.24) is 0 Å². The standard InChI is InChI=1S/C18H25N3O8/c1-6-14(27-10(3)23)17(28-11(4)24)16-12(7-9(2)22)13(20-21-19)8-15(29-16)18(25)26-5/h8,12-14,16-17H,6-7H2,1-5H3/t12-,13-,14-,16?,17-/m1/s1. The number of hydrogen-bond acceptors (Lipinski definition) is 9. The molecule has 0 fully saturated rings. The molecule has 0 amide bonds. The fourth-order valence-corrected chi connectivity index (χ4v) is 3.16. The van der Waals surface area contributed by atoms with E-state index in [2.05, 4.69) is 14.8 Å². The predicted octanol–water partition coefficient (Wildman–Crippen LogP) is 1.99. The Morgan fingerprint density at radius 2 is 1.83 bits per heavy atom. The molecular formula is C18H25N3O8. The van der Waals surface area contributed by atoms with Crippen molar-refractivity contribution in [2.24, 2.45) is 11.0 Å². The number of nitrogens with zero attached hydrogens (tertiary/aromatic N) is 3. The lowest BCUT2D eigenvalue weighted by atomic mass is 9.82. The lowest BCUT2D eigenvalue weighted by Crippen LogP contribution is -2.52. The molecular weight excluding hydrogens is 386 g/mol. The first-order valence-electron chi connectivity index (χ1n) is 8.99. The Bertz CT molecular complexity index is 729. The molecule has 1 aliphatic rings. The minimum atomic E-state index is -1.16. The number of carbonyl (C=O) groups excluding carboxylic acids is 4. The molecule has 1 rings (SSSR count). The second-order valence-electron chi connectivity index (χ2n) is 6.50. The van der Waals surface area contributed by atoms with Gasteiger partial charge in [0.25, 0.3) is 0 Å². The third kappa shape index (κ3) is 6.79. The second-order valence-corrected chi connectivity index (χ2v) is 6.50. The number of rotatable bonds is 9. The molecule has 1 unspecified atom stereocenters. The van der Waals surface area contributed by atoms with Crippen LogP contribution in [0.5, 0.6) is 0 Å². The van der Waals surface area contributed by atoms with Gasteiger partial charge < -0.3 is 23.7 Å². The van der Waals surface area contributed by atoms with E-state index >= 15 is 0 Å². The van der Waals surface area contributed by atoms with Crippen molar-refractivity contribution in [3.63, 3.8) is 0 Å². The van der Waals surface area contributed by atoms with Crippen LogP contribution >= 0.6 is 0 Å². The molecule has 5 atom stereocenters. The predicted molar refractivity (Wildman–Crippen MR) is 98.1 cm³/mol. The van der Waals surface area contributed by atoms with Gasteiger partial charge in [0.1, 0.15) is 18.0 Å². The molecule has 0 aromatic heterocycles. The Morgan fingerprint density at radius 3 is 2.28 bits per heavy atom. The smallest absolute Gasteiger partial charge is 0.372 e. The average molecular weight is 411 g/mol. The number of azide groups is 1. The highest BCUT2D eigenvalue weighted by atomic mass is 16.6. The van der Waals surface area contributed by atoms with Gasteiger partial charge in [-0.05, 0) is 25.0 Å². The van der Waals surface area contributed by atoms with Gasteiger partial charge in [0, 0.05) is 31.1 Å². The fourth-order valence-electron chi connectivity index (χ4n) is 3.16. The Labute approximate surface area is 167 Å². The van der Waals surface area contributed by atoms with E-state index < -0.39 is 48.2 Å². The number of ketones is 1. The highest BCUT2D eigenvalue weighted by Crippen LogP contribution is 2.34. The number of Topliss-reactive ketones (excluding diaryl/α,β-unsaturated/α-hetero) is 1. The van der Waals surface area contributed by atoms with Crippen LogP contribution in [0.4, 0.5) is 0 Å². The molecule has 0 N–H and O–H groups in total. The zero-order valence-corrected chi connectivity index (χ0v) is 17.0. The van der Waals surface area contributed by atoms with Gasteiger partial charge in [0.2, 0.25) is 5.76 Å². The van der Waals surface area contributed by atoms with Gasteiger partial charge in [-0.2, -0.15) is 0 Å². The van der Waals surface area contributed by atoms with Crippen molar-refractivity contribution in [3.05, 3.63) is 22.3 Å². The van der Waals surface area contributed by atoms with Crippen LogP contribution in [0, 0.1) is 5.92 Å². The van der Waals surface area contributed by atoms with Crippen molar-refractivity contribution in [2.45, 2.75) is 64.9 Å². The van der Waals surface area contributed by atoms with E-state index in [-0.39, 0.29) is 24.4 Å². The van der Waals surface area contributed by atoms with Crippen LogP contribution in [0.25, 0.3) is 10.4 Å². The summed E-state index contributed by atoms with van der Waals surface area (Å²) in [4.78, 5) is 49.9. The molecule has 11 nitrogen and oxygen atoms in total. The first kappa shape index (κ1) is 24.0. The maximum Gasteiger partial charge on any atom is 0.372 e. The summed E-state index contributed by atoms with van der Waals surface area (Å²) in [6, 6.07) is -0.954. The van der Waals surface area contributed by atoms with Crippen molar-refractivity contribution >= 4 is 23.7 Å². The largest absolute Gasteiger partial charge is 0.479 e. The van der Waals surface area contributed by atoms with E-state index in [1.807, 2.05) is 0 Å². The number of esters is 3. The monoisotopic (exact) mass is 411 g/mol. The number of hydrogen-bond donors (Lipinski definition) is 0. The summed E-state index contributed by atoms with van der Waals surface area (Å²) in [6.45, 7) is 5.41. The molecule has 160 valence electrons. The van der Waals surface area contributed by atoms with Crippen LogP contribution in [0.1, 0.15) is 40.5 Å². The van der Waals surface area contributed by atoms with E-state index in [9.17, 15) is 19.2 Å². The van der Waals surface area contributed by atoms with E-state index in [0.29, 0.717) is 0 Å². The molecule has 0 aliphatic carbocycles. The van der Waals surface area contributed by atoms with Gasteiger partial charge in [-0.25, -0.2) is 4.79 Å². The van der Waals surface area contributed by atoms with Gasteiger partial charge >= 0.3 is 17.9 Å². The molecule has 0 bridgehead atoms. The van der Waals surface area contributed by atoms with Crippen molar-refractivity contribution < 1.29 is 38.1 Å². The molecule has 1 aliphatic heterocycles. The quantitative estimate of drug-likeness (QED) is 0.183. The average Bonchev–Trinajstić information content (AvgIpc) is 2.64. The Balaban J connectivity index is 3.51. The second kappa shape index (κ2) is 11.1. The van der Waals surface area contributed by atoms with Gasteiger partial charge in [-0.15, -0.1) is 0 Å². The summed E-state index contributed by atoms with van der Waals surface area (Å²) in [7, 11) is 1.14. The molecule has 0 saturated heterocycles. The van der Waals surface area contributed by atoms with Crippen molar-refractivity contribution in [3.8, 4) is 0 Å². The van der Waals surface area contributed by atoms with E-state index in [1.165, 1.54) is 19.9 Å². The zero-order valence-electron chi connectivity index (χ0n) is 17.0. The zero-order chi connectivity index (χ0) is 22.1. The summed E-state index contributed by atoms with van der Waals surface area (Å²) < 4.78 is 21.0. The van der Waals surface area contributed by atoms with Gasteiger partial charge in [-0.1, -0.05) is 12.0 Å². The highest BCUT2D eigenvalue weighted by Gasteiger charge is 2.46. The van der Waals surface area contributed by atoms with Crippen LogP contribution in [0.2, 0.25) is 0 Å². The van der Waals surface area contributed by atoms with Gasteiger partial charge in [0.05, 0.1) is 13.2 Å². The Hall–Kier alpha value is -3.07. The Kier molecular flexibility index (Phi) is 9.14. The minimum absolute atomic E-state index is 0.0897. The van der Waals surface area contributed by atoms with Crippen LogP contribution in [-0.2, 0) is 38.1 Å². The van der Waals surface area contributed by atoms with E-state index in [4.69, 9.17) is 19.7 Å². The van der Waals surface area contributed by atoms with Crippen LogP contribution in [0.3, 0.4) is 0 Å². The molecule has 0 aromatic rings. The molecule has 0 saturated carbocycles. The molecule has 1 heterocycles. The molecule has 11 heteroatoms. The summed E-state index contributed by atoms with van der Waals surface area (Å²) in [5.41, 5.74) is 8.93. The molecule has 0 spiro atoms. The molecule has 0 aromatic carbocycles. The minimum Gasteiger partial charge on any atom is -0.479 e. The van der Waals surface area contributed by atoms with Crippen molar-refractivity contribution in [2.75, 3.05) is 7.11 Å². The van der Waals surface area contributed by atoms with Crippen LogP contribution < -0.4 is 0 Å². The first-order valence-corrected chi connectivity index (χ1v) is 8.99. The maximum absolute atomic E-state index is 12.0. The topological polar surface area (TPSA) is 154 Å². The lowest BCUT2D eigenvalue weighted by Gasteiger charge is -2.40. The summed E-state index contributed by atoms with van der Waals surface area (Å²) in [5.74, 6) is -3.39. The van der Waals surface area contributed by atoms with Crippen LogP contribution in [0.15, 0.2) is 16.9 Å². The Morgan fingerprint density at radius 1 is 1.21 bits per heavy atom. The number of carbonyl (C=O) groups is 4.